The lowest BCUT2D eigenvalue weighted by Crippen LogP contribution is -1.80. The van der Waals surface area contributed by atoms with Gasteiger partial charge < -0.3 is 0 Å². The number of rotatable bonds is 3. The van der Waals surface area contributed by atoms with E-state index in [1.165, 1.54) is 11.3 Å². The minimum Gasteiger partial charge on any atom is -0.226 e. The van der Waals surface area contributed by atoms with E-state index in [1.54, 1.807) is 17.5 Å². The fourth-order valence-electron chi connectivity index (χ4n) is 1.23. The summed E-state index contributed by atoms with van der Waals surface area (Å²) in [5, 5.41) is 0. The second-order valence-corrected chi connectivity index (χ2v) is 4.13. The zero-order chi connectivity index (χ0) is 9.80. The highest BCUT2D eigenvalue weighted by Crippen LogP contribution is 2.25. The largest absolute Gasteiger partial charge is 0.226 e. The van der Waals surface area contributed by atoms with E-state index < -0.39 is 0 Å². The normalized spacial score (nSPS) is 9.79. The summed E-state index contributed by atoms with van der Waals surface area (Å²) in [5.41, 5.74) is 0. The minimum absolute atomic E-state index is 0.746. The molecular weight excluding hydrogens is 192 g/mol. The molecule has 70 valence electrons. The molecule has 14 heavy (non-hydrogen) atoms. The molecule has 0 aliphatic carbocycles. The van der Waals surface area contributed by atoms with Crippen LogP contribution in [-0.4, -0.2) is 9.97 Å². The highest BCUT2D eigenvalue weighted by atomic mass is 32.1. The van der Waals surface area contributed by atoms with Gasteiger partial charge in [0.2, 0.25) is 0 Å². The molecule has 0 bridgehead atoms. The Hall–Kier alpha value is -1.40. The molecule has 0 spiro atoms. The van der Waals surface area contributed by atoms with Gasteiger partial charge in [-0.25, -0.2) is 4.98 Å². The quantitative estimate of drug-likeness (QED) is 0.764. The van der Waals surface area contributed by atoms with Crippen LogP contribution in [0.5, 0.6) is 0 Å². The van der Waals surface area contributed by atoms with Crippen LogP contribution in [-0.2, 0) is 6.42 Å². The van der Waals surface area contributed by atoms with E-state index in [1.807, 2.05) is 0 Å². The maximum Gasteiger partial charge on any atom is 0.180 e. The Morgan fingerprint density at radius 3 is 3.07 bits per heavy atom. The Balaban J connectivity index is 2.25. The number of hydrogen-bond donors (Lipinski definition) is 0. The summed E-state index contributed by atoms with van der Waals surface area (Å²) in [5.74, 6) is 0.746. The Kier molecular flexibility index (Phi) is 2.76. The molecule has 0 N–H and O–H groups in total. The summed E-state index contributed by atoms with van der Waals surface area (Å²) in [4.78, 5) is 10.7. The van der Waals surface area contributed by atoms with Crippen LogP contribution in [0, 0.1) is 12.3 Å². The molecule has 0 saturated heterocycles. The maximum absolute atomic E-state index is 4.13. The second kappa shape index (κ2) is 4.21. The average Bonchev–Trinajstić information content (AvgIpc) is 2.68. The fourth-order valence-corrected chi connectivity index (χ4v) is 2.28. The summed E-state index contributed by atoms with van der Waals surface area (Å²) >= 11 is 1.75. The molecule has 0 fully saturated rings. The third-order valence-electron chi connectivity index (χ3n) is 1.86. The maximum atomic E-state index is 4.13. The van der Waals surface area contributed by atoms with Gasteiger partial charge in [0.05, 0.1) is 11.1 Å². The van der Waals surface area contributed by atoms with Crippen molar-refractivity contribution in [1.82, 2.24) is 9.97 Å². The molecule has 0 aliphatic rings. The molecule has 0 atom stereocenters. The van der Waals surface area contributed by atoms with Crippen LogP contribution in [0.3, 0.4) is 0 Å². The van der Waals surface area contributed by atoms with E-state index in [0.717, 1.165) is 17.1 Å². The first-order valence-corrected chi connectivity index (χ1v) is 5.41. The van der Waals surface area contributed by atoms with Crippen LogP contribution >= 0.6 is 11.3 Å². The van der Waals surface area contributed by atoms with Gasteiger partial charge in [-0.05, 0) is 24.6 Å². The lowest BCUT2D eigenvalue weighted by Gasteiger charge is -1.90. The van der Waals surface area contributed by atoms with Crippen LogP contribution in [0.2, 0.25) is 0 Å². The van der Waals surface area contributed by atoms with Gasteiger partial charge in [0.1, 0.15) is 0 Å². The monoisotopic (exact) mass is 202 g/mol. The van der Waals surface area contributed by atoms with Crippen molar-refractivity contribution >= 4 is 11.3 Å². The summed E-state index contributed by atoms with van der Waals surface area (Å²) in [6.07, 6.45) is 6.58. The van der Waals surface area contributed by atoms with Gasteiger partial charge >= 0.3 is 0 Å². The van der Waals surface area contributed by atoms with Crippen molar-refractivity contribution in [3.63, 3.8) is 0 Å². The molecule has 2 heterocycles. The zero-order valence-electron chi connectivity index (χ0n) is 7.95. The van der Waals surface area contributed by atoms with Crippen molar-refractivity contribution in [1.29, 1.82) is 0 Å². The first-order valence-electron chi connectivity index (χ1n) is 4.60. The molecule has 0 radical (unpaired) electrons. The first-order chi connectivity index (χ1) is 6.90. The van der Waals surface area contributed by atoms with Gasteiger partial charge in [0.15, 0.2) is 5.82 Å². The Labute approximate surface area is 87.7 Å². The summed E-state index contributed by atoms with van der Waals surface area (Å²) < 4.78 is 0. The number of aryl methyl sites for hydroxylation is 1. The Morgan fingerprint density at radius 1 is 1.43 bits per heavy atom. The van der Waals surface area contributed by atoms with Crippen LogP contribution in [0.1, 0.15) is 18.2 Å². The van der Waals surface area contributed by atoms with Crippen LogP contribution in [0.15, 0.2) is 18.3 Å². The molecule has 2 nitrogen and oxygen atoms in total. The predicted octanol–water partition coefficient (Wildman–Crippen LogP) is 2.76. The number of nitrogens with zero attached hydrogens (tertiary/aromatic N) is 2. The second-order valence-electron chi connectivity index (χ2n) is 2.97. The van der Waals surface area contributed by atoms with E-state index >= 15 is 0 Å². The summed E-state index contributed by atoms with van der Waals surface area (Å²) in [6, 6.07) is 6.90. The minimum atomic E-state index is 0.746. The summed E-state index contributed by atoms with van der Waals surface area (Å²) in [6.45, 7) is 2.18. The SMILES string of the molecule is CCCc1ccc(-c2nc#ccn2)s1. The number of hydrogen-bond acceptors (Lipinski definition) is 3. The third kappa shape index (κ3) is 1.91. The van der Waals surface area contributed by atoms with Crippen LogP contribution in [0.4, 0.5) is 0 Å². The predicted molar refractivity (Wildman–Crippen MR) is 57.0 cm³/mol. The van der Waals surface area contributed by atoms with Gasteiger partial charge in [0.25, 0.3) is 0 Å². The van der Waals surface area contributed by atoms with E-state index in [-0.39, 0.29) is 0 Å². The van der Waals surface area contributed by atoms with Gasteiger partial charge in [-0.15, -0.1) is 11.3 Å². The number of aromatic nitrogens is 2. The molecule has 0 aromatic carbocycles. The van der Waals surface area contributed by atoms with Gasteiger partial charge in [-0.2, -0.15) is 4.98 Å². The summed E-state index contributed by atoms with van der Waals surface area (Å²) in [7, 11) is 0. The molecule has 0 aliphatic heterocycles. The standard InChI is InChI=1S/C11H10N2S/c1-2-4-9-5-6-10(14-9)11-12-7-3-8-13-11/h5-7H,2,4H2,1H3. The van der Waals surface area contributed by atoms with E-state index in [0.29, 0.717) is 0 Å². The van der Waals surface area contributed by atoms with E-state index in [2.05, 4.69) is 41.3 Å². The highest BCUT2D eigenvalue weighted by molar-refractivity contribution is 7.15. The molecule has 0 unspecified atom stereocenters. The molecule has 0 amide bonds. The van der Waals surface area contributed by atoms with E-state index in [9.17, 15) is 0 Å². The average molecular weight is 202 g/mol. The third-order valence-corrected chi connectivity index (χ3v) is 3.00. The van der Waals surface area contributed by atoms with Crippen molar-refractivity contribution in [2.75, 3.05) is 0 Å². The molecule has 2 aromatic rings. The molecule has 3 heteroatoms. The van der Waals surface area contributed by atoms with Gasteiger partial charge in [-0.1, -0.05) is 13.3 Å². The molecule has 0 saturated carbocycles. The lowest BCUT2D eigenvalue weighted by molar-refractivity contribution is 0.940. The lowest BCUT2D eigenvalue weighted by atomic mass is 10.3. The van der Waals surface area contributed by atoms with Crippen molar-refractivity contribution in [2.24, 2.45) is 0 Å². The van der Waals surface area contributed by atoms with E-state index in [4.69, 9.17) is 0 Å². The van der Waals surface area contributed by atoms with Crippen LogP contribution < -0.4 is 0 Å². The number of thiophene rings is 1. The Bertz CT molecular complexity index is 395. The zero-order valence-corrected chi connectivity index (χ0v) is 8.77. The van der Waals surface area contributed by atoms with Crippen molar-refractivity contribution in [3.05, 3.63) is 35.5 Å². The molecule has 2 rings (SSSR count). The van der Waals surface area contributed by atoms with Crippen LogP contribution in [0.25, 0.3) is 10.7 Å². The smallest absolute Gasteiger partial charge is 0.180 e. The Morgan fingerprint density at radius 2 is 2.36 bits per heavy atom. The van der Waals surface area contributed by atoms with Gasteiger partial charge in [-0.3, -0.25) is 0 Å². The highest BCUT2D eigenvalue weighted by Gasteiger charge is 2.03. The molecule has 2 aromatic heterocycles. The van der Waals surface area contributed by atoms with Crippen molar-refractivity contribution in [3.8, 4) is 10.7 Å². The fraction of sp³-hybridized carbons (Fsp3) is 0.273. The van der Waals surface area contributed by atoms with Crippen molar-refractivity contribution in [2.45, 2.75) is 19.8 Å². The molecular formula is C11H10N2S. The van der Waals surface area contributed by atoms with Crippen molar-refractivity contribution < 1.29 is 0 Å². The van der Waals surface area contributed by atoms with Gasteiger partial charge in [0, 0.05) is 11.1 Å². The topological polar surface area (TPSA) is 25.8 Å². The first kappa shape index (κ1) is 9.17.